The number of carbonyl (C=O) groups excluding carboxylic acids is 1. The quantitative estimate of drug-likeness (QED) is 0.513. The number of hydrogen-bond acceptors (Lipinski definition) is 4. The second-order valence-electron chi connectivity index (χ2n) is 9.84. The molecule has 1 atom stereocenters. The van der Waals surface area contributed by atoms with Gasteiger partial charge in [-0.15, -0.1) is 0 Å². The van der Waals surface area contributed by atoms with Crippen molar-refractivity contribution in [2.75, 3.05) is 13.1 Å². The third-order valence-corrected chi connectivity index (χ3v) is 8.90. The lowest BCUT2D eigenvalue weighted by Gasteiger charge is -2.39. The van der Waals surface area contributed by atoms with Crippen LogP contribution in [0.25, 0.3) is 0 Å². The molecule has 12 heteroatoms. The average molecular weight is 554 g/mol. The van der Waals surface area contributed by atoms with E-state index in [0.717, 1.165) is 23.3 Å². The summed E-state index contributed by atoms with van der Waals surface area (Å²) in [6.45, 7) is 2.31. The van der Waals surface area contributed by atoms with Gasteiger partial charge in [0.25, 0.3) is 0 Å². The Labute approximate surface area is 219 Å². The summed E-state index contributed by atoms with van der Waals surface area (Å²) in [4.78, 5) is 25.8. The molecular weight excluding hydrogens is 523 g/mol. The van der Waals surface area contributed by atoms with Crippen molar-refractivity contribution in [3.63, 3.8) is 0 Å². The first-order valence-corrected chi connectivity index (χ1v) is 13.8. The van der Waals surface area contributed by atoms with Crippen LogP contribution in [0.4, 0.5) is 18.0 Å². The summed E-state index contributed by atoms with van der Waals surface area (Å²) in [5.74, 6) is -0.397. The van der Waals surface area contributed by atoms with Crippen molar-refractivity contribution >= 4 is 22.0 Å². The summed E-state index contributed by atoms with van der Waals surface area (Å²) in [5.41, 5.74) is 0.756. The minimum atomic E-state index is -4.67. The zero-order valence-electron chi connectivity index (χ0n) is 20.8. The Balaban J connectivity index is 1.48. The third-order valence-electron chi connectivity index (χ3n) is 6.90. The molecule has 1 saturated heterocycles. The van der Waals surface area contributed by atoms with Crippen LogP contribution in [0.3, 0.4) is 0 Å². The molecule has 4 rings (SSSR count). The first-order chi connectivity index (χ1) is 17.9. The number of amides is 2. The van der Waals surface area contributed by atoms with Crippen LogP contribution in [-0.4, -0.2) is 65.9 Å². The molecule has 1 aliphatic heterocycles. The number of nitrogens with one attached hydrogen (secondary N) is 1. The van der Waals surface area contributed by atoms with Crippen molar-refractivity contribution in [2.45, 2.75) is 68.2 Å². The fraction of sp³-hybridized carbons (Fsp3) is 0.462. The molecule has 2 N–H and O–H groups in total. The predicted molar refractivity (Wildman–Crippen MR) is 133 cm³/mol. The molecule has 206 valence electrons. The van der Waals surface area contributed by atoms with Crippen molar-refractivity contribution in [3.8, 4) is 0 Å². The number of aryl methyl sites for hydroxylation is 1. The summed E-state index contributed by atoms with van der Waals surface area (Å²) in [7, 11) is -4.20. The molecule has 1 saturated carbocycles. The molecule has 2 aromatic rings. The number of alkyl halides is 3. The summed E-state index contributed by atoms with van der Waals surface area (Å²) < 4.78 is 67.9. The van der Waals surface area contributed by atoms with E-state index in [9.17, 15) is 36.3 Å². The van der Waals surface area contributed by atoms with Crippen LogP contribution in [0.2, 0.25) is 0 Å². The van der Waals surface area contributed by atoms with E-state index in [1.165, 1.54) is 15.3 Å². The SMILES string of the molecule is Cc1cccc(CC(NC(=O)O)C(=O)N2CCC(N(C3CC3)S(=O)(=O)c3cccc(C(F)(F)F)c3)CC2)c1. The van der Waals surface area contributed by atoms with Crippen molar-refractivity contribution in [2.24, 2.45) is 0 Å². The Morgan fingerprint density at radius 3 is 2.26 bits per heavy atom. The smallest absolute Gasteiger partial charge is 0.416 e. The van der Waals surface area contributed by atoms with Gasteiger partial charge in [-0.1, -0.05) is 35.9 Å². The molecule has 0 radical (unpaired) electrons. The van der Waals surface area contributed by atoms with Crippen molar-refractivity contribution in [1.82, 2.24) is 14.5 Å². The Kier molecular flexibility index (Phi) is 8.03. The lowest BCUT2D eigenvalue weighted by atomic mass is 10.0. The highest BCUT2D eigenvalue weighted by molar-refractivity contribution is 7.89. The van der Waals surface area contributed by atoms with Crippen molar-refractivity contribution in [3.05, 3.63) is 65.2 Å². The van der Waals surface area contributed by atoms with Crippen molar-refractivity contribution < 1.29 is 36.3 Å². The number of carboxylic acid groups (broad SMARTS) is 1. The number of sulfonamides is 1. The van der Waals surface area contributed by atoms with E-state index < -0.39 is 50.7 Å². The Hall–Kier alpha value is -3.12. The minimum Gasteiger partial charge on any atom is -0.465 e. The zero-order valence-corrected chi connectivity index (χ0v) is 21.6. The Morgan fingerprint density at radius 2 is 1.68 bits per heavy atom. The maximum atomic E-state index is 13.5. The molecule has 2 aromatic carbocycles. The van der Waals surface area contributed by atoms with Gasteiger partial charge in [0.15, 0.2) is 0 Å². The summed E-state index contributed by atoms with van der Waals surface area (Å²) in [6.07, 6.45) is -3.98. The number of hydrogen-bond donors (Lipinski definition) is 2. The minimum absolute atomic E-state index is 0.171. The van der Waals surface area contributed by atoms with E-state index in [0.29, 0.717) is 31.7 Å². The monoisotopic (exact) mass is 553 g/mol. The molecular formula is C26H30F3N3O5S. The van der Waals surface area contributed by atoms with Gasteiger partial charge < -0.3 is 15.3 Å². The van der Waals surface area contributed by atoms with Gasteiger partial charge in [-0.3, -0.25) is 4.79 Å². The van der Waals surface area contributed by atoms with Gasteiger partial charge >= 0.3 is 12.3 Å². The molecule has 2 aliphatic rings. The molecule has 1 unspecified atom stereocenters. The standard InChI is InChI=1S/C26H30F3N3O5S/c1-17-4-2-5-18(14-17)15-23(30-25(34)35)24(33)31-12-10-21(11-13-31)32(20-8-9-20)38(36,37)22-7-3-6-19(16-22)26(27,28)29/h2-7,14,16,20-21,23,30H,8-13,15H2,1H3,(H,34,35). The normalized spacial score (nSPS) is 17.9. The third kappa shape index (κ3) is 6.47. The topological polar surface area (TPSA) is 107 Å². The van der Waals surface area contributed by atoms with Crippen LogP contribution in [-0.2, 0) is 27.4 Å². The maximum Gasteiger partial charge on any atom is 0.416 e. The number of piperidine rings is 1. The molecule has 1 heterocycles. The molecule has 38 heavy (non-hydrogen) atoms. The first-order valence-electron chi connectivity index (χ1n) is 12.4. The fourth-order valence-electron chi connectivity index (χ4n) is 4.96. The Bertz CT molecular complexity index is 1290. The average Bonchev–Trinajstić information content (AvgIpc) is 3.68. The largest absolute Gasteiger partial charge is 0.465 e. The summed E-state index contributed by atoms with van der Waals surface area (Å²) >= 11 is 0. The fourth-order valence-corrected chi connectivity index (χ4v) is 6.94. The lowest BCUT2D eigenvalue weighted by Crippen LogP contribution is -2.54. The molecule has 0 spiro atoms. The second kappa shape index (κ2) is 10.9. The van der Waals surface area contributed by atoms with E-state index in [1.54, 1.807) is 0 Å². The summed E-state index contributed by atoms with van der Waals surface area (Å²) in [5, 5.41) is 11.6. The van der Waals surface area contributed by atoms with E-state index in [2.05, 4.69) is 5.32 Å². The molecule has 8 nitrogen and oxygen atoms in total. The van der Waals surface area contributed by atoms with E-state index in [1.807, 2.05) is 31.2 Å². The number of carbonyl (C=O) groups is 2. The number of rotatable bonds is 8. The maximum absolute atomic E-state index is 13.5. The first kappa shape index (κ1) is 27.9. The van der Waals surface area contributed by atoms with E-state index >= 15 is 0 Å². The second-order valence-corrected chi connectivity index (χ2v) is 11.7. The van der Waals surface area contributed by atoms with Crippen LogP contribution in [0.5, 0.6) is 0 Å². The van der Waals surface area contributed by atoms with Crippen LogP contribution in [0, 0.1) is 6.92 Å². The van der Waals surface area contributed by atoms with Gasteiger partial charge in [0, 0.05) is 31.6 Å². The van der Waals surface area contributed by atoms with Gasteiger partial charge in [-0.25, -0.2) is 13.2 Å². The van der Waals surface area contributed by atoms with Gasteiger partial charge in [-0.2, -0.15) is 17.5 Å². The number of likely N-dealkylation sites (tertiary alicyclic amines) is 1. The number of halogens is 3. The molecule has 1 aliphatic carbocycles. The van der Waals surface area contributed by atoms with Crippen LogP contribution < -0.4 is 5.32 Å². The predicted octanol–water partition coefficient (Wildman–Crippen LogP) is 4.04. The molecule has 2 amide bonds. The van der Waals surface area contributed by atoms with Crippen molar-refractivity contribution in [1.29, 1.82) is 0 Å². The Morgan fingerprint density at radius 1 is 1.05 bits per heavy atom. The highest BCUT2D eigenvalue weighted by Gasteiger charge is 2.44. The molecule has 2 fully saturated rings. The zero-order chi connectivity index (χ0) is 27.7. The van der Waals surface area contributed by atoms with Gasteiger partial charge in [0.1, 0.15) is 6.04 Å². The van der Waals surface area contributed by atoms with Crippen LogP contribution >= 0.6 is 0 Å². The molecule has 0 aromatic heterocycles. The highest BCUT2D eigenvalue weighted by Crippen LogP contribution is 2.38. The molecule has 0 bridgehead atoms. The van der Waals surface area contributed by atoms with E-state index in [-0.39, 0.29) is 25.6 Å². The highest BCUT2D eigenvalue weighted by atomic mass is 32.2. The number of benzene rings is 2. The van der Waals surface area contributed by atoms with Crippen LogP contribution in [0.15, 0.2) is 53.4 Å². The van der Waals surface area contributed by atoms with Gasteiger partial charge in [0.2, 0.25) is 15.9 Å². The lowest BCUT2D eigenvalue weighted by molar-refractivity contribution is -0.137. The van der Waals surface area contributed by atoms with Gasteiger partial charge in [0.05, 0.1) is 10.5 Å². The summed E-state index contributed by atoms with van der Waals surface area (Å²) in [6, 6.07) is 9.41. The van der Waals surface area contributed by atoms with Gasteiger partial charge in [-0.05, 0) is 56.4 Å². The van der Waals surface area contributed by atoms with E-state index in [4.69, 9.17) is 0 Å². The number of nitrogens with zero attached hydrogens (tertiary/aromatic N) is 2. The van der Waals surface area contributed by atoms with Crippen LogP contribution in [0.1, 0.15) is 42.4 Å².